The van der Waals surface area contributed by atoms with Gasteiger partial charge in [0, 0.05) is 26.6 Å². The quantitative estimate of drug-likeness (QED) is 0.364. The van der Waals surface area contributed by atoms with Crippen LogP contribution in [0.2, 0.25) is 0 Å². The molecular weight excluding hydrogens is 481 g/mol. The summed E-state index contributed by atoms with van der Waals surface area (Å²) < 4.78 is 52.8. The van der Waals surface area contributed by atoms with Gasteiger partial charge in [-0.15, -0.1) is 10.2 Å². The second-order valence-corrected chi connectivity index (χ2v) is 10.5. The SMILES string of the molecule is COc1cc(Cc2nnc3sc(/C=C/c4cccc(F)c4)nn23)c(S(=O)(=O)N(C)C)cc1OC. The van der Waals surface area contributed by atoms with Crippen molar-refractivity contribution in [3.8, 4) is 11.5 Å². The van der Waals surface area contributed by atoms with E-state index < -0.39 is 10.0 Å². The molecule has 0 amide bonds. The van der Waals surface area contributed by atoms with E-state index in [1.165, 1.54) is 57.9 Å². The topological polar surface area (TPSA) is 98.9 Å². The molecule has 0 N–H and O–H groups in total. The Balaban J connectivity index is 1.72. The van der Waals surface area contributed by atoms with Gasteiger partial charge in [-0.1, -0.05) is 29.5 Å². The van der Waals surface area contributed by atoms with E-state index in [-0.39, 0.29) is 17.1 Å². The zero-order valence-corrected chi connectivity index (χ0v) is 20.5. The van der Waals surface area contributed by atoms with E-state index in [1.807, 2.05) is 0 Å². The molecule has 0 unspecified atom stereocenters. The van der Waals surface area contributed by atoms with E-state index in [0.29, 0.717) is 38.4 Å². The van der Waals surface area contributed by atoms with Crippen LogP contribution >= 0.6 is 11.3 Å². The third kappa shape index (κ3) is 4.65. The highest BCUT2D eigenvalue weighted by molar-refractivity contribution is 7.89. The van der Waals surface area contributed by atoms with Crippen molar-refractivity contribution in [2.45, 2.75) is 11.3 Å². The Labute approximate surface area is 200 Å². The van der Waals surface area contributed by atoms with Crippen LogP contribution in [0.5, 0.6) is 11.5 Å². The summed E-state index contributed by atoms with van der Waals surface area (Å²) in [6, 6.07) is 9.28. The van der Waals surface area contributed by atoms with Gasteiger partial charge in [0.25, 0.3) is 0 Å². The molecule has 0 atom stereocenters. The molecular formula is C22H22FN5O4S2. The molecule has 0 aliphatic carbocycles. The summed E-state index contributed by atoms with van der Waals surface area (Å²) in [7, 11) is 2.07. The molecule has 178 valence electrons. The smallest absolute Gasteiger partial charge is 0.242 e. The lowest BCUT2D eigenvalue weighted by Gasteiger charge is -2.17. The van der Waals surface area contributed by atoms with Crippen molar-refractivity contribution in [2.75, 3.05) is 28.3 Å². The highest BCUT2D eigenvalue weighted by Crippen LogP contribution is 2.34. The molecule has 0 bridgehead atoms. The van der Waals surface area contributed by atoms with E-state index in [1.54, 1.807) is 34.9 Å². The number of nitrogens with zero attached hydrogens (tertiary/aromatic N) is 5. The summed E-state index contributed by atoms with van der Waals surface area (Å²) in [6.07, 6.45) is 3.65. The average molecular weight is 504 g/mol. The molecule has 0 saturated carbocycles. The van der Waals surface area contributed by atoms with Gasteiger partial charge in [-0.05, 0) is 35.4 Å². The fourth-order valence-corrected chi connectivity index (χ4v) is 5.15. The summed E-state index contributed by atoms with van der Waals surface area (Å²) in [5.74, 6) is 0.838. The molecule has 2 aromatic carbocycles. The van der Waals surface area contributed by atoms with Gasteiger partial charge in [0.1, 0.15) is 10.8 Å². The van der Waals surface area contributed by atoms with Crippen molar-refractivity contribution in [3.05, 3.63) is 64.2 Å². The van der Waals surface area contributed by atoms with Crippen molar-refractivity contribution in [1.82, 2.24) is 24.1 Å². The molecule has 4 aromatic rings. The molecule has 0 saturated heterocycles. The van der Waals surface area contributed by atoms with E-state index in [9.17, 15) is 12.8 Å². The maximum atomic E-state index is 13.4. The summed E-state index contributed by atoms with van der Waals surface area (Å²) in [6.45, 7) is 0. The predicted octanol–water partition coefficient (Wildman–Crippen LogP) is 3.35. The normalized spacial score (nSPS) is 12.2. The van der Waals surface area contributed by atoms with Crippen molar-refractivity contribution < 1.29 is 22.3 Å². The van der Waals surface area contributed by atoms with Crippen LogP contribution in [0.25, 0.3) is 17.1 Å². The van der Waals surface area contributed by atoms with Crippen molar-refractivity contribution in [2.24, 2.45) is 0 Å². The van der Waals surface area contributed by atoms with Gasteiger partial charge in [-0.3, -0.25) is 0 Å². The molecule has 0 radical (unpaired) electrons. The number of rotatable bonds is 8. The third-order valence-electron chi connectivity index (χ3n) is 5.01. The Morgan fingerprint density at radius 2 is 1.82 bits per heavy atom. The predicted molar refractivity (Wildman–Crippen MR) is 127 cm³/mol. The Morgan fingerprint density at radius 3 is 2.50 bits per heavy atom. The number of hydrogen-bond donors (Lipinski definition) is 0. The first-order valence-electron chi connectivity index (χ1n) is 10.0. The number of benzene rings is 2. The third-order valence-corrected chi connectivity index (χ3v) is 7.77. The Hall–Kier alpha value is -3.35. The fraction of sp³-hybridized carbons (Fsp3) is 0.227. The van der Waals surface area contributed by atoms with Crippen LogP contribution in [0.1, 0.15) is 22.0 Å². The number of fused-ring (bicyclic) bond motifs is 1. The van der Waals surface area contributed by atoms with E-state index in [4.69, 9.17) is 9.47 Å². The van der Waals surface area contributed by atoms with Crippen molar-refractivity contribution >= 4 is 38.5 Å². The zero-order chi connectivity index (χ0) is 24.5. The number of aromatic nitrogens is 4. The first-order chi connectivity index (χ1) is 16.2. The Morgan fingerprint density at radius 1 is 1.09 bits per heavy atom. The Bertz CT molecular complexity index is 1480. The summed E-state index contributed by atoms with van der Waals surface area (Å²) in [4.78, 5) is 0.625. The van der Waals surface area contributed by atoms with Gasteiger partial charge in [0.2, 0.25) is 15.0 Å². The minimum atomic E-state index is -3.78. The molecule has 9 nitrogen and oxygen atoms in total. The van der Waals surface area contributed by atoms with Gasteiger partial charge in [0.15, 0.2) is 17.3 Å². The lowest BCUT2D eigenvalue weighted by molar-refractivity contribution is 0.353. The van der Waals surface area contributed by atoms with Crippen LogP contribution in [0.3, 0.4) is 0 Å². The summed E-state index contributed by atoms with van der Waals surface area (Å²) >= 11 is 1.31. The van der Waals surface area contributed by atoms with Crippen LogP contribution in [-0.4, -0.2) is 60.8 Å². The maximum Gasteiger partial charge on any atom is 0.242 e. The average Bonchev–Trinajstić information content (AvgIpc) is 3.38. The largest absolute Gasteiger partial charge is 0.493 e. The van der Waals surface area contributed by atoms with Gasteiger partial charge in [-0.2, -0.15) is 9.61 Å². The molecule has 34 heavy (non-hydrogen) atoms. The van der Waals surface area contributed by atoms with Crippen LogP contribution < -0.4 is 9.47 Å². The highest BCUT2D eigenvalue weighted by Gasteiger charge is 2.25. The van der Waals surface area contributed by atoms with Crippen molar-refractivity contribution in [3.63, 3.8) is 0 Å². The Kier molecular flexibility index (Phi) is 6.64. The first-order valence-corrected chi connectivity index (χ1v) is 12.3. The number of ether oxygens (including phenoxy) is 2. The fourth-order valence-electron chi connectivity index (χ4n) is 3.28. The number of halogens is 1. The molecule has 4 rings (SSSR count). The molecule has 2 heterocycles. The van der Waals surface area contributed by atoms with Crippen LogP contribution in [0, 0.1) is 5.82 Å². The van der Waals surface area contributed by atoms with Crippen molar-refractivity contribution in [1.29, 1.82) is 0 Å². The lowest BCUT2D eigenvalue weighted by atomic mass is 10.1. The summed E-state index contributed by atoms with van der Waals surface area (Å²) in [5, 5.41) is 13.5. The van der Waals surface area contributed by atoms with Gasteiger partial charge in [0.05, 0.1) is 19.1 Å². The number of sulfonamides is 1. The van der Waals surface area contributed by atoms with Crippen LogP contribution in [0.4, 0.5) is 4.39 Å². The zero-order valence-electron chi connectivity index (χ0n) is 18.9. The van der Waals surface area contributed by atoms with Crippen LogP contribution in [-0.2, 0) is 16.4 Å². The molecule has 0 aliphatic heterocycles. The maximum absolute atomic E-state index is 13.4. The van der Waals surface area contributed by atoms with E-state index >= 15 is 0 Å². The standard InChI is InChI=1S/C22H22FN5O4S2/c1-27(2)34(29,30)19-13-18(32-4)17(31-3)11-15(19)12-20-24-25-22-28(20)26-21(33-22)9-8-14-6-5-7-16(23)10-14/h5-11,13H,12H2,1-4H3/b9-8+. The molecule has 0 aliphatic rings. The number of hydrogen-bond acceptors (Lipinski definition) is 8. The molecule has 0 fully saturated rings. The highest BCUT2D eigenvalue weighted by atomic mass is 32.2. The lowest BCUT2D eigenvalue weighted by Crippen LogP contribution is -2.23. The minimum absolute atomic E-state index is 0.0772. The molecule has 2 aromatic heterocycles. The number of methoxy groups -OCH3 is 2. The summed E-state index contributed by atoms with van der Waals surface area (Å²) in [5.41, 5.74) is 1.17. The van der Waals surface area contributed by atoms with Gasteiger partial charge in [-0.25, -0.2) is 17.1 Å². The monoisotopic (exact) mass is 503 g/mol. The molecule has 12 heteroatoms. The van der Waals surface area contributed by atoms with Gasteiger partial charge >= 0.3 is 0 Å². The first kappa shape index (κ1) is 23.8. The van der Waals surface area contributed by atoms with Gasteiger partial charge < -0.3 is 9.47 Å². The second kappa shape index (κ2) is 9.49. The van der Waals surface area contributed by atoms with E-state index in [2.05, 4.69) is 15.3 Å². The van der Waals surface area contributed by atoms with E-state index in [0.717, 1.165) is 4.31 Å². The minimum Gasteiger partial charge on any atom is -0.493 e. The van der Waals surface area contributed by atoms with Crippen LogP contribution in [0.15, 0.2) is 41.3 Å². The second-order valence-electron chi connectivity index (χ2n) is 7.42. The molecule has 0 spiro atoms.